The molecule has 2 aliphatic rings. The summed E-state index contributed by atoms with van der Waals surface area (Å²) in [5, 5.41) is 0. The Kier molecular flexibility index (Phi) is 10.8. The molecule has 2 fully saturated rings. The Bertz CT molecular complexity index is 1000. The zero-order chi connectivity index (χ0) is 28.6. The van der Waals surface area contributed by atoms with Gasteiger partial charge in [-0.2, -0.15) is 8.78 Å². The average Bonchev–Trinajstić information content (AvgIpc) is 2.93. The van der Waals surface area contributed by atoms with Crippen LogP contribution in [0.1, 0.15) is 102 Å². The van der Waals surface area contributed by atoms with E-state index in [-0.39, 0.29) is 11.3 Å². The van der Waals surface area contributed by atoms with Crippen molar-refractivity contribution in [3.63, 3.8) is 0 Å². The van der Waals surface area contributed by atoms with E-state index in [0.717, 1.165) is 60.4 Å². The number of unbranched alkanes of at least 4 members (excludes halogenated alkanes) is 2. The predicted octanol–water partition coefficient (Wildman–Crippen LogP) is 10.8. The van der Waals surface area contributed by atoms with Crippen LogP contribution in [-0.4, -0.2) is 6.36 Å². The number of ether oxygens (including phenoxy) is 2. The highest BCUT2D eigenvalue weighted by molar-refractivity contribution is 5.33. The Morgan fingerprint density at radius 1 is 0.625 bits per heavy atom. The van der Waals surface area contributed by atoms with Crippen LogP contribution >= 0.6 is 0 Å². The Morgan fingerprint density at radius 3 is 1.62 bits per heavy atom. The van der Waals surface area contributed by atoms with Crippen molar-refractivity contribution in [2.75, 3.05) is 0 Å². The Hall–Kier alpha value is -2.31. The van der Waals surface area contributed by atoms with Crippen LogP contribution in [0.15, 0.2) is 48.5 Å². The van der Waals surface area contributed by atoms with Crippen LogP contribution in [0, 0.1) is 23.7 Å². The second kappa shape index (κ2) is 14.0. The van der Waals surface area contributed by atoms with Crippen molar-refractivity contribution >= 4 is 0 Å². The van der Waals surface area contributed by atoms with Gasteiger partial charge in [-0.05, 0) is 104 Å². The first-order chi connectivity index (χ1) is 19.1. The molecule has 2 aromatic carbocycles. The van der Waals surface area contributed by atoms with Crippen molar-refractivity contribution < 1.29 is 31.4 Å². The molecule has 40 heavy (non-hydrogen) atoms. The summed E-state index contributed by atoms with van der Waals surface area (Å²) in [5.41, 5.74) is 0.726. The lowest BCUT2D eigenvalue weighted by molar-refractivity contribution is -0.274. The van der Waals surface area contributed by atoms with E-state index in [0.29, 0.717) is 5.92 Å². The van der Waals surface area contributed by atoms with Crippen LogP contribution in [0.25, 0.3) is 0 Å². The average molecular weight is 567 g/mol. The van der Waals surface area contributed by atoms with Gasteiger partial charge in [0, 0.05) is 0 Å². The Balaban J connectivity index is 1.17. The van der Waals surface area contributed by atoms with Crippen LogP contribution in [0.2, 0.25) is 0 Å². The summed E-state index contributed by atoms with van der Waals surface area (Å²) in [7, 11) is 0. The molecule has 0 bridgehead atoms. The maximum atomic E-state index is 14.7. The van der Waals surface area contributed by atoms with Crippen molar-refractivity contribution in [3.05, 3.63) is 59.7 Å². The minimum absolute atomic E-state index is 0.251. The zero-order valence-electron chi connectivity index (χ0n) is 23.5. The number of aryl methyl sites for hydroxylation is 1. The molecule has 0 unspecified atom stereocenters. The monoisotopic (exact) mass is 566 g/mol. The fourth-order valence-corrected chi connectivity index (χ4v) is 6.73. The van der Waals surface area contributed by atoms with Crippen LogP contribution in [0.5, 0.6) is 11.5 Å². The first kappa shape index (κ1) is 30.6. The summed E-state index contributed by atoms with van der Waals surface area (Å²) < 4.78 is 74.7. The molecule has 0 spiro atoms. The molecule has 222 valence electrons. The standard InChI is InChI=1S/C33H43F5O2/c1-2-3-4-5-24-8-14-27(15-9-24)28-16-10-25(11-17-28)6-7-26-12-18-29(19-13-26)32(34,35)39-30-20-22-31(23-21-30)40-33(36,37)38/h12-13,18-25,27-28H,2-11,14-17H2,1H3. The van der Waals surface area contributed by atoms with Crippen LogP contribution < -0.4 is 9.47 Å². The van der Waals surface area contributed by atoms with Crippen LogP contribution in [0.3, 0.4) is 0 Å². The molecule has 4 rings (SSSR count). The van der Waals surface area contributed by atoms with E-state index < -0.39 is 18.2 Å². The number of hydrogen-bond acceptors (Lipinski definition) is 2. The lowest BCUT2D eigenvalue weighted by Crippen LogP contribution is -2.26. The van der Waals surface area contributed by atoms with Gasteiger partial charge in [-0.15, -0.1) is 13.2 Å². The van der Waals surface area contributed by atoms with E-state index in [4.69, 9.17) is 4.74 Å². The van der Waals surface area contributed by atoms with Gasteiger partial charge in [0.25, 0.3) is 0 Å². The zero-order valence-corrected chi connectivity index (χ0v) is 23.5. The number of halogens is 5. The predicted molar refractivity (Wildman–Crippen MR) is 147 cm³/mol. The summed E-state index contributed by atoms with van der Waals surface area (Å²) in [4.78, 5) is 0. The van der Waals surface area contributed by atoms with E-state index in [9.17, 15) is 22.0 Å². The highest BCUT2D eigenvalue weighted by Gasteiger charge is 2.35. The van der Waals surface area contributed by atoms with Crippen molar-refractivity contribution in [3.8, 4) is 11.5 Å². The highest BCUT2D eigenvalue weighted by atomic mass is 19.4. The molecule has 0 aliphatic heterocycles. The van der Waals surface area contributed by atoms with Crippen molar-refractivity contribution in [1.29, 1.82) is 0 Å². The topological polar surface area (TPSA) is 18.5 Å². The molecule has 2 nitrogen and oxygen atoms in total. The van der Waals surface area contributed by atoms with Gasteiger partial charge in [0.2, 0.25) is 0 Å². The van der Waals surface area contributed by atoms with Crippen molar-refractivity contribution in [2.45, 2.75) is 109 Å². The SMILES string of the molecule is CCCCCC1CCC(C2CCC(CCc3ccc(C(F)(F)Oc4ccc(OC(F)(F)F)cc4)cc3)CC2)CC1. The summed E-state index contributed by atoms with van der Waals surface area (Å²) in [6.07, 6.45) is 9.92. The molecular formula is C33H43F5O2. The minimum atomic E-state index is -4.85. The maximum Gasteiger partial charge on any atom is 0.573 e. The van der Waals surface area contributed by atoms with Gasteiger partial charge in [-0.25, -0.2) is 0 Å². The molecule has 0 atom stereocenters. The van der Waals surface area contributed by atoms with E-state index in [2.05, 4.69) is 11.7 Å². The summed E-state index contributed by atoms with van der Waals surface area (Å²) in [5.74, 6) is 2.73. The minimum Gasteiger partial charge on any atom is -0.429 e. The molecule has 2 aliphatic carbocycles. The summed E-state index contributed by atoms with van der Waals surface area (Å²) >= 11 is 0. The van der Waals surface area contributed by atoms with Gasteiger partial charge in [-0.1, -0.05) is 70.4 Å². The summed E-state index contributed by atoms with van der Waals surface area (Å²) in [6.45, 7) is 2.28. The Morgan fingerprint density at radius 2 is 1.12 bits per heavy atom. The van der Waals surface area contributed by atoms with Crippen LogP contribution in [0.4, 0.5) is 22.0 Å². The second-order valence-corrected chi connectivity index (χ2v) is 11.9. The molecule has 0 saturated heterocycles. The number of hydrogen-bond donors (Lipinski definition) is 0. The molecular weight excluding hydrogens is 523 g/mol. The van der Waals surface area contributed by atoms with Crippen LogP contribution in [-0.2, 0) is 12.5 Å². The molecule has 2 aromatic rings. The smallest absolute Gasteiger partial charge is 0.429 e. The lowest BCUT2D eigenvalue weighted by Gasteiger charge is -2.38. The fraction of sp³-hybridized carbons (Fsp3) is 0.636. The largest absolute Gasteiger partial charge is 0.573 e. The van der Waals surface area contributed by atoms with Gasteiger partial charge in [0.05, 0.1) is 5.56 Å². The third kappa shape index (κ3) is 9.37. The third-order valence-electron chi connectivity index (χ3n) is 9.10. The molecule has 0 amide bonds. The molecule has 7 heteroatoms. The Labute approximate surface area is 235 Å². The van der Waals surface area contributed by atoms with E-state index in [1.807, 2.05) is 0 Å². The normalized spacial score (nSPS) is 24.1. The number of rotatable bonds is 12. The van der Waals surface area contributed by atoms with Gasteiger partial charge < -0.3 is 9.47 Å². The van der Waals surface area contributed by atoms with E-state index >= 15 is 0 Å². The molecule has 2 saturated carbocycles. The van der Waals surface area contributed by atoms with E-state index in [1.165, 1.54) is 89.2 Å². The molecule has 0 heterocycles. The first-order valence-corrected chi connectivity index (χ1v) is 15.1. The van der Waals surface area contributed by atoms with Gasteiger partial charge >= 0.3 is 12.5 Å². The maximum absolute atomic E-state index is 14.7. The quantitative estimate of drug-likeness (QED) is 0.188. The second-order valence-electron chi connectivity index (χ2n) is 11.9. The molecule has 0 radical (unpaired) electrons. The third-order valence-corrected chi connectivity index (χ3v) is 9.10. The van der Waals surface area contributed by atoms with E-state index in [1.54, 1.807) is 12.1 Å². The van der Waals surface area contributed by atoms with Crippen molar-refractivity contribution in [2.24, 2.45) is 23.7 Å². The van der Waals surface area contributed by atoms with Gasteiger partial charge in [-0.3, -0.25) is 0 Å². The number of benzene rings is 2. The van der Waals surface area contributed by atoms with Gasteiger partial charge in [0.1, 0.15) is 11.5 Å². The molecule has 0 aromatic heterocycles. The summed E-state index contributed by atoms with van der Waals surface area (Å²) in [6, 6.07) is 10.1. The fourth-order valence-electron chi connectivity index (χ4n) is 6.73. The number of alkyl halides is 5. The first-order valence-electron chi connectivity index (χ1n) is 15.1. The van der Waals surface area contributed by atoms with Gasteiger partial charge in [0.15, 0.2) is 0 Å². The lowest BCUT2D eigenvalue weighted by atomic mass is 9.68. The van der Waals surface area contributed by atoms with Crippen molar-refractivity contribution in [1.82, 2.24) is 0 Å². The highest BCUT2D eigenvalue weighted by Crippen LogP contribution is 2.43. The molecule has 0 N–H and O–H groups in total.